The largest absolute Gasteiger partial charge is 0.395 e. The van der Waals surface area contributed by atoms with Gasteiger partial charge >= 0.3 is 0 Å². The third kappa shape index (κ3) is 3.74. The predicted molar refractivity (Wildman–Crippen MR) is 52.2 cm³/mol. The van der Waals surface area contributed by atoms with E-state index in [9.17, 15) is 4.79 Å². The second kappa shape index (κ2) is 5.94. The van der Waals surface area contributed by atoms with Gasteiger partial charge in [0.15, 0.2) is 0 Å². The Hall–Kier alpha value is -0.610. The molecule has 78 valence electrons. The van der Waals surface area contributed by atoms with Gasteiger partial charge in [-0.25, -0.2) is 0 Å². The molecule has 3 N–H and O–H groups in total. The minimum atomic E-state index is -0.443. The van der Waals surface area contributed by atoms with Crippen LogP contribution < -0.4 is 5.73 Å². The van der Waals surface area contributed by atoms with Gasteiger partial charge in [0.1, 0.15) is 0 Å². The summed E-state index contributed by atoms with van der Waals surface area (Å²) in [6.45, 7) is 4.29. The fourth-order valence-corrected chi connectivity index (χ4v) is 1.01. The van der Waals surface area contributed by atoms with Crippen LogP contribution in [0.2, 0.25) is 0 Å². The van der Waals surface area contributed by atoms with E-state index in [0.717, 1.165) is 6.42 Å². The van der Waals surface area contributed by atoms with Crippen LogP contribution in [0.3, 0.4) is 0 Å². The van der Waals surface area contributed by atoms with Crippen molar-refractivity contribution in [3.63, 3.8) is 0 Å². The van der Waals surface area contributed by atoms with Crippen LogP contribution in [0, 0.1) is 5.92 Å². The van der Waals surface area contributed by atoms with E-state index in [-0.39, 0.29) is 18.4 Å². The molecule has 0 heterocycles. The highest BCUT2D eigenvalue weighted by molar-refractivity contribution is 5.81. The van der Waals surface area contributed by atoms with Crippen molar-refractivity contribution in [1.29, 1.82) is 0 Å². The van der Waals surface area contributed by atoms with Crippen LogP contribution in [0.5, 0.6) is 0 Å². The summed E-state index contributed by atoms with van der Waals surface area (Å²) in [4.78, 5) is 13.0. The van der Waals surface area contributed by atoms with Gasteiger partial charge in [0, 0.05) is 13.6 Å². The van der Waals surface area contributed by atoms with Gasteiger partial charge in [-0.15, -0.1) is 0 Å². The number of aliphatic hydroxyl groups excluding tert-OH is 1. The molecule has 0 aliphatic rings. The van der Waals surface area contributed by atoms with Crippen molar-refractivity contribution in [2.24, 2.45) is 11.7 Å². The van der Waals surface area contributed by atoms with E-state index in [4.69, 9.17) is 10.8 Å². The molecule has 0 aliphatic heterocycles. The lowest BCUT2D eigenvalue weighted by Crippen LogP contribution is -2.46. The molecule has 0 aromatic heterocycles. The summed E-state index contributed by atoms with van der Waals surface area (Å²) in [6.07, 6.45) is 0.889. The maximum atomic E-state index is 11.5. The highest BCUT2D eigenvalue weighted by Crippen LogP contribution is 2.07. The van der Waals surface area contributed by atoms with E-state index in [1.807, 2.05) is 13.8 Å². The van der Waals surface area contributed by atoms with Crippen LogP contribution in [0.25, 0.3) is 0 Å². The summed E-state index contributed by atoms with van der Waals surface area (Å²) >= 11 is 0. The van der Waals surface area contributed by atoms with E-state index >= 15 is 0 Å². The van der Waals surface area contributed by atoms with Gasteiger partial charge in [0.05, 0.1) is 12.6 Å². The summed E-state index contributed by atoms with van der Waals surface area (Å²) in [6, 6.07) is -0.443. The lowest BCUT2D eigenvalue weighted by molar-refractivity contribution is -0.132. The Morgan fingerprint density at radius 2 is 2.15 bits per heavy atom. The fourth-order valence-electron chi connectivity index (χ4n) is 1.01. The highest BCUT2D eigenvalue weighted by atomic mass is 16.3. The van der Waals surface area contributed by atoms with Crippen molar-refractivity contribution < 1.29 is 9.90 Å². The molecule has 0 fully saturated rings. The average Bonchev–Trinajstić information content (AvgIpc) is 2.14. The second-order valence-electron chi connectivity index (χ2n) is 3.39. The normalized spacial score (nSPS) is 15.2. The minimum absolute atomic E-state index is 0.0184. The first-order valence-electron chi connectivity index (χ1n) is 4.66. The SMILES string of the molecule is CCC(C)[C@H](N)C(=O)N(C)CCO. The molecular formula is C9H20N2O2. The lowest BCUT2D eigenvalue weighted by atomic mass is 9.99. The van der Waals surface area contributed by atoms with E-state index in [1.54, 1.807) is 7.05 Å². The van der Waals surface area contributed by atoms with Crippen molar-refractivity contribution in [1.82, 2.24) is 4.90 Å². The number of aliphatic hydroxyl groups is 1. The third-order valence-corrected chi connectivity index (χ3v) is 2.35. The first-order chi connectivity index (χ1) is 6.04. The Morgan fingerprint density at radius 1 is 1.62 bits per heavy atom. The van der Waals surface area contributed by atoms with Crippen LogP contribution in [-0.4, -0.2) is 42.2 Å². The molecule has 0 spiro atoms. The first kappa shape index (κ1) is 12.4. The molecule has 4 heteroatoms. The van der Waals surface area contributed by atoms with Gasteiger partial charge in [-0.1, -0.05) is 20.3 Å². The van der Waals surface area contributed by atoms with E-state index < -0.39 is 6.04 Å². The molecule has 0 aliphatic carbocycles. The van der Waals surface area contributed by atoms with Gasteiger partial charge in [0.25, 0.3) is 0 Å². The van der Waals surface area contributed by atoms with Crippen molar-refractivity contribution in [3.8, 4) is 0 Å². The maximum absolute atomic E-state index is 11.5. The predicted octanol–water partition coefficient (Wildman–Crippen LogP) is -0.189. The minimum Gasteiger partial charge on any atom is -0.395 e. The zero-order chi connectivity index (χ0) is 10.4. The highest BCUT2D eigenvalue weighted by Gasteiger charge is 2.21. The first-order valence-corrected chi connectivity index (χ1v) is 4.66. The lowest BCUT2D eigenvalue weighted by Gasteiger charge is -2.23. The number of likely N-dealkylation sites (N-methyl/N-ethyl adjacent to an activating group) is 1. The van der Waals surface area contributed by atoms with Crippen LogP contribution in [0.4, 0.5) is 0 Å². The number of nitrogens with two attached hydrogens (primary N) is 1. The van der Waals surface area contributed by atoms with Crippen molar-refractivity contribution in [2.75, 3.05) is 20.2 Å². The van der Waals surface area contributed by atoms with Crippen LogP contribution in [0.1, 0.15) is 20.3 Å². The quantitative estimate of drug-likeness (QED) is 0.628. The second-order valence-corrected chi connectivity index (χ2v) is 3.39. The molecule has 1 amide bonds. The van der Waals surface area contributed by atoms with E-state index in [0.29, 0.717) is 6.54 Å². The Labute approximate surface area is 79.7 Å². The Balaban J connectivity index is 4.08. The number of rotatable bonds is 5. The van der Waals surface area contributed by atoms with Crippen LogP contribution >= 0.6 is 0 Å². The Morgan fingerprint density at radius 3 is 2.54 bits per heavy atom. The number of carbonyl (C=O) groups is 1. The zero-order valence-electron chi connectivity index (χ0n) is 8.66. The third-order valence-electron chi connectivity index (χ3n) is 2.35. The summed E-state index contributed by atoms with van der Waals surface area (Å²) in [5.74, 6) is 0.0945. The molecule has 0 aromatic rings. The number of nitrogens with zero attached hydrogens (tertiary/aromatic N) is 1. The smallest absolute Gasteiger partial charge is 0.239 e. The standard InChI is InChI=1S/C9H20N2O2/c1-4-7(2)8(10)9(13)11(3)5-6-12/h7-8,12H,4-6,10H2,1-3H3/t7?,8-/m0/s1. The van der Waals surface area contributed by atoms with Crippen molar-refractivity contribution in [3.05, 3.63) is 0 Å². The van der Waals surface area contributed by atoms with E-state index in [2.05, 4.69) is 0 Å². The molecule has 13 heavy (non-hydrogen) atoms. The number of carbonyl (C=O) groups excluding carboxylic acids is 1. The van der Waals surface area contributed by atoms with Crippen molar-refractivity contribution in [2.45, 2.75) is 26.3 Å². The average molecular weight is 188 g/mol. The molecule has 1 unspecified atom stereocenters. The van der Waals surface area contributed by atoms with Gasteiger partial charge in [-0.3, -0.25) is 4.79 Å². The molecule has 0 bridgehead atoms. The summed E-state index contributed by atoms with van der Waals surface area (Å²) < 4.78 is 0. The molecule has 0 saturated carbocycles. The molecule has 2 atom stereocenters. The summed E-state index contributed by atoms with van der Waals surface area (Å²) in [5, 5.41) is 8.63. The Kier molecular flexibility index (Phi) is 5.66. The van der Waals surface area contributed by atoms with Gasteiger partial charge in [-0.2, -0.15) is 0 Å². The molecule has 0 radical (unpaired) electrons. The van der Waals surface area contributed by atoms with Crippen LogP contribution in [0.15, 0.2) is 0 Å². The van der Waals surface area contributed by atoms with Gasteiger partial charge in [-0.05, 0) is 5.92 Å². The van der Waals surface area contributed by atoms with Gasteiger partial charge < -0.3 is 15.7 Å². The summed E-state index contributed by atoms with van der Waals surface area (Å²) in [7, 11) is 1.65. The maximum Gasteiger partial charge on any atom is 0.239 e. The van der Waals surface area contributed by atoms with E-state index in [1.165, 1.54) is 4.90 Å². The zero-order valence-corrected chi connectivity index (χ0v) is 8.66. The fraction of sp³-hybridized carbons (Fsp3) is 0.889. The molecular weight excluding hydrogens is 168 g/mol. The molecule has 0 rings (SSSR count). The van der Waals surface area contributed by atoms with Gasteiger partial charge in [0.2, 0.25) is 5.91 Å². The topological polar surface area (TPSA) is 66.6 Å². The van der Waals surface area contributed by atoms with Crippen LogP contribution in [-0.2, 0) is 4.79 Å². The molecule has 0 aromatic carbocycles. The summed E-state index contributed by atoms with van der Waals surface area (Å²) in [5.41, 5.74) is 5.73. The number of hydrogen-bond donors (Lipinski definition) is 2. The monoisotopic (exact) mass is 188 g/mol. The molecule has 0 saturated heterocycles. The Bertz CT molecular complexity index is 162. The molecule has 4 nitrogen and oxygen atoms in total. The number of hydrogen-bond acceptors (Lipinski definition) is 3. The van der Waals surface area contributed by atoms with Crippen molar-refractivity contribution >= 4 is 5.91 Å². The number of amides is 1.